The second-order valence-electron chi connectivity index (χ2n) is 6.18. The topological polar surface area (TPSA) is 72.4 Å². The fourth-order valence-corrected chi connectivity index (χ4v) is 3.16. The Morgan fingerprint density at radius 2 is 1.85 bits per heavy atom. The van der Waals surface area contributed by atoms with Gasteiger partial charge in [0.25, 0.3) is 5.91 Å². The van der Waals surface area contributed by atoms with Gasteiger partial charge < -0.3 is 9.64 Å². The number of rotatable bonds is 3. The molecule has 0 N–H and O–H groups in total. The fourth-order valence-electron chi connectivity index (χ4n) is 3.16. The largest absolute Gasteiger partial charge is 0.449 e. The van der Waals surface area contributed by atoms with Gasteiger partial charge in [0.2, 0.25) is 0 Å². The lowest BCUT2D eigenvalue weighted by molar-refractivity contribution is -0.126. The molecule has 1 aliphatic heterocycles. The van der Waals surface area contributed by atoms with E-state index in [0.717, 1.165) is 17.7 Å². The minimum Gasteiger partial charge on any atom is -0.449 e. The van der Waals surface area contributed by atoms with E-state index in [-0.39, 0.29) is 5.91 Å². The van der Waals surface area contributed by atoms with Gasteiger partial charge in [0.05, 0.1) is 16.6 Å². The van der Waals surface area contributed by atoms with Gasteiger partial charge in [-0.1, -0.05) is 18.2 Å². The molecule has 130 valence electrons. The molecule has 1 atom stereocenters. The van der Waals surface area contributed by atoms with Gasteiger partial charge in [-0.2, -0.15) is 0 Å². The highest BCUT2D eigenvalue weighted by atomic mass is 16.5. The van der Waals surface area contributed by atoms with Crippen molar-refractivity contribution in [2.75, 3.05) is 11.4 Å². The predicted molar refractivity (Wildman–Crippen MR) is 96.9 cm³/mol. The first-order valence-corrected chi connectivity index (χ1v) is 8.44. The van der Waals surface area contributed by atoms with Crippen molar-refractivity contribution < 1.29 is 14.3 Å². The minimum atomic E-state index is -0.869. The molecule has 0 saturated carbocycles. The molecule has 1 amide bonds. The summed E-state index contributed by atoms with van der Waals surface area (Å²) < 4.78 is 5.40. The molecule has 0 aliphatic carbocycles. The quantitative estimate of drug-likeness (QED) is 0.681. The third-order valence-corrected chi connectivity index (χ3v) is 4.49. The van der Waals surface area contributed by atoms with Crippen molar-refractivity contribution in [3.8, 4) is 0 Å². The highest BCUT2D eigenvalue weighted by Gasteiger charge is 2.30. The van der Waals surface area contributed by atoms with Crippen LogP contribution in [0.5, 0.6) is 0 Å². The number of para-hydroxylation sites is 1. The molecular formula is C20H17N3O3. The predicted octanol–water partition coefficient (Wildman–Crippen LogP) is 2.76. The van der Waals surface area contributed by atoms with Crippen LogP contribution in [0.25, 0.3) is 11.0 Å². The van der Waals surface area contributed by atoms with E-state index >= 15 is 0 Å². The lowest BCUT2D eigenvalue weighted by Gasteiger charge is -2.21. The molecule has 0 radical (unpaired) electrons. The zero-order chi connectivity index (χ0) is 18.1. The summed E-state index contributed by atoms with van der Waals surface area (Å²) >= 11 is 0. The number of anilines is 1. The molecule has 4 rings (SSSR count). The lowest BCUT2D eigenvalue weighted by Crippen LogP contribution is -2.39. The molecule has 6 heteroatoms. The maximum Gasteiger partial charge on any atom is 0.338 e. The molecule has 6 nitrogen and oxygen atoms in total. The maximum absolute atomic E-state index is 12.7. The molecule has 3 aromatic rings. The highest BCUT2D eigenvalue weighted by Crippen LogP contribution is 2.28. The average Bonchev–Trinajstić information content (AvgIpc) is 3.11. The molecule has 0 fully saturated rings. The van der Waals surface area contributed by atoms with Crippen molar-refractivity contribution in [1.29, 1.82) is 0 Å². The molecule has 1 aliphatic rings. The van der Waals surface area contributed by atoms with Crippen LogP contribution in [0.1, 0.15) is 22.8 Å². The highest BCUT2D eigenvalue weighted by molar-refractivity contribution is 6.01. The minimum absolute atomic E-state index is 0.219. The number of benzene rings is 2. The monoisotopic (exact) mass is 347 g/mol. The number of esters is 1. The van der Waals surface area contributed by atoms with E-state index in [4.69, 9.17) is 4.74 Å². The Bertz CT molecular complexity index is 1000. The SMILES string of the molecule is C[C@@H](OC(=O)c1ccc2nccnc2c1)C(=O)N1CCc2ccccc21. The second-order valence-corrected chi connectivity index (χ2v) is 6.18. The van der Waals surface area contributed by atoms with Crippen LogP contribution in [0.3, 0.4) is 0 Å². The number of nitrogens with zero attached hydrogens (tertiary/aromatic N) is 3. The van der Waals surface area contributed by atoms with E-state index in [0.29, 0.717) is 23.1 Å². The van der Waals surface area contributed by atoms with Crippen molar-refractivity contribution in [1.82, 2.24) is 9.97 Å². The number of carbonyl (C=O) groups excluding carboxylic acids is 2. The van der Waals surface area contributed by atoms with Crippen LogP contribution in [-0.2, 0) is 16.0 Å². The van der Waals surface area contributed by atoms with Gasteiger partial charge in [-0.05, 0) is 43.2 Å². The van der Waals surface area contributed by atoms with Crippen LogP contribution in [0, 0.1) is 0 Å². The van der Waals surface area contributed by atoms with Crippen LogP contribution >= 0.6 is 0 Å². The van der Waals surface area contributed by atoms with Crippen molar-refractivity contribution in [3.05, 3.63) is 66.0 Å². The fraction of sp³-hybridized carbons (Fsp3) is 0.200. The molecule has 0 bridgehead atoms. The summed E-state index contributed by atoms with van der Waals surface area (Å²) in [5.74, 6) is -0.769. The zero-order valence-corrected chi connectivity index (χ0v) is 14.3. The molecule has 0 unspecified atom stereocenters. The van der Waals surface area contributed by atoms with Crippen LogP contribution < -0.4 is 4.90 Å². The van der Waals surface area contributed by atoms with Crippen LogP contribution in [0.15, 0.2) is 54.9 Å². The lowest BCUT2D eigenvalue weighted by atomic mass is 10.2. The van der Waals surface area contributed by atoms with Gasteiger partial charge >= 0.3 is 5.97 Å². The third-order valence-electron chi connectivity index (χ3n) is 4.49. The van der Waals surface area contributed by atoms with Crippen molar-refractivity contribution in [2.24, 2.45) is 0 Å². The summed E-state index contributed by atoms with van der Waals surface area (Å²) in [7, 11) is 0. The maximum atomic E-state index is 12.7. The Morgan fingerprint density at radius 1 is 1.08 bits per heavy atom. The van der Waals surface area contributed by atoms with Crippen molar-refractivity contribution >= 4 is 28.6 Å². The van der Waals surface area contributed by atoms with Gasteiger partial charge in [0, 0.05) is 24.6 Å². The van der Waals surface area contributed by atoms with Crippen LogP contribution in [0.2, 0.25) is 0 Å². The Hall–Kier alpha value is -3.28. The van der Waals surface area contributed by atoms with E-state index in [1.54, 1.807) is 42.4 Å². The van der Waals surface area contributed by atoms with E-state index in [2.05, 4.69) is 9.97 Å². The molecule has 2 aromatic carbocycles. The molecule has 26 heavy (non-hydrogen) atoms. The van der Waals surface area contributed by atoms with Crippen molar-refractivity contribution in [3.63, 3.8) is 0 Å². The van der Waals surface area contributed by atoms with Crippen LogP contribution in [0.4, 0.5) is 5.69 Å². The Kier molecular flexibility index (Phi) is 4.08. The van der Waals surface area contributed by atoms with Crippen LogP contribution in [-0.4, -0.2) is 34.5 Å². The number of aromatic nitrogens is 2. The zero-order valence-electron chi connectivity index (χ0n) is 14.3. The number of fused-ring (bicyclic) bond motifs is 2. The van der Waals surface area contributed by atoms with Gasteiger partial charge in [0.15, 0.2) is 6.10 Å². The second kappa shape index (κ2) is 6.55. The summed E-state index contributed by atoms with van der Waals surface area (Å²) in [4.78, 5) is 35.2. The Labute approximate surface area is 150 Å². The normalized spacial score (nSPS) is 14.1. The number of ether oxygens (including phenoxy) is 1. The summed E-state index contributed by atoms with van der Waals surface area (Å²) in [6.45, 7) is 2.20. The van der Waals surface area contributed by atoms with E-state index in [1.807, 2.05) is 24.3 Å². The van der Waals surface area contributed by atoms with Crippen molar-refractivity contribution in [2.45, 2.75) is 19.4 Å². The van der Waals surface area contributed by atoms with Gasteiger partial charge in [-0.25, -0.2) is 4.79 Å². The van der Waals surface area contributed by atoms with Gasteiger partial charge in [0.1, 0.15) is 0 Å². The molecule has 0 saturated heterocycles. The van der Waals surface area contributed by atoms with Gasteiger partial charge in [-0.3, -0.25) is 14.8 Å². The first-order valence-electron chi connectivity index (χ1n) is 8.44. The smallest absolute Gasteiger partial charge is 0.338 e. The number of carbonyl (C=O) groups is 2. The summed E-state index contributed by atoms with van der Waals surface area (Å²) in [6, 6.07) is 12.7. The summed E-state index contributed by atoms with van der Waals surface area (Å²) in [5, 5.41) is 0. The Balaban J connectivity index is 1.49. The first-order chi connectivity index (χ1) is 12.6. The molecule has 1 aromatic heterocycles. The van der Waals surface area contributed by atoms with E-state index in [9.17, 15) is 9.59 Å². The number of amides is 1. The van der Waals surface area contributed by atoms with Gasteiger partial charge in [-0.15, -0.1) is 0 Å². The molecular weight excluding hydrogens is 330 g/mol. The first kappa shape index (κ1) is 16.2. The standard InChI is InChI=1S/C20H17N3O3/c1-13(19(24)23-11-8-14-4-2-3-5-18(14)23)26-20(25)15-6-7-16-17(12-15)22-10-9-21-16/h2-7,9-10,12-13H,8,11H2,1H3/t13-/m1/s1. The Morgan fingerprint density at radius 3 is 2.69 bits per heavy atom. The summed E-state index contributed by atoms with van der Waals surface area (Å²) in [6.07, 6.45) is 3.10. The van der Waals surface area contributed by atoms with E-state index < -0.39 is 12.1 Å². The number of hydrogen-bond acceptors (Lipinski definition) is 5. The average molecular weight is 347 g/mol. The van der Waals surface area contributed by atoms with E-state index in [1.165, 1.54) is 0 Å². The number of hydrogen-bond donors (Lipinski definition) is 0. The molecule has 0 spiro atoms. The third kappa shape index (κ3) is 2.90. The summed E-state index contributed by atoms with van der Waals surface area (Å²) in [5.41, 5.74) is 3.67. The molecule has 2 heterocycles.